The number of nitrogens with one attached hydrogen (secondary N) is 1. The van der Waals surface area contributed by atoms with Gasteiger partial charge in [0, 0.05) is 6.08 Å². The summed E-state index contributed by atoms with van der Waals surface area (Å²) in [5, 5.41) is 2.99. The maximum atomic E-state index is 11.3. The minimum Gasteiger partial charge on any atom is -0.497 e. The summed E-state index contributed by atoms with van der Waals surface area (Å²) < 4.78 is 10.1. The summed E-state index contributed by atoms with van der Waals surface area (Å²) >= 11 is 0. The number of carbonyl (C=O) groups is 1. The maximum Gasteiger partial charge on any atom is 0.330 e. The van der Waals surface area contributed by atoms with Crippen LogP contribution in [0.25, 0.3) is 6.08 Å². The lowest BCUT2D eigenvalue weighted by Gasteiger charge is -2.01. The van der Waals surface area contributed by atoms with Gasteiger partial charge in [-0.25, -0.2) is 4.79 Å². The first kappa shape index (κ1) is 14.3. The number of benzene rings is 1. The summed E-state index contributed by atoms with van der Waals surface area (Å²) in [6.07, 6.45) is 3.97. The normalized spacial score (nSPS) is 10.6. The van der Waals surface area contributed by atoms with Crippen molar-refractivity contribution in [3.8, 4) is 5.75 Å². The molecule has 0 atom stereocenters. The molecule has 0 heterocycles. The van der Waals surface area contributed by atoms with Crippen molar-refractivity contribution in [2.45, 2.75) is 6.42 Å². The van der Waals surface area contributed by atoms with Gasteiger partial charge in [0.05, 0.1) is 13.7 Å². The van der Waals surface area contributed by atoms with E-state index < -0.39 is 0 Å². The van der Waals surface area contributed by atoms with Gasteiger partial charge in [-0.1, -0.05) is 12.1 Å². The van der Waals surface area contributed by atoms with Gasteiger partial charge >= 0.3 is 5.97 Å². The Morgan fingerprint density at radius 1 is 1.33 bits per heavy atom. The van der Waals surface area contributed by atoms with Crippen LogP contribution >= 0.6 is 0 Å². The lowest BCUT2D eigenvalue weighted by molar-refractivity contribution is -0.137. The summed E-state index contributed by atoms with van der Waals surface area (Å²) in [6.45, 7) is 1.28. The fourth-order valence-corrected chi connectivity index (χ4v) is 1.35. The lowest BCUT2D eigenvalue weighted by atomic mass is 10.2. The Morgan fingerprint density at radius 3 is 2.67 bits per heavy atom. The molecule has 1 aromatic carbocycles. The molecule has 0 bridgehead atoms. The molecule has 0 aromatic heterocycles. The van der Waals surface area contributed by atoms with E-state index in [2.05, 4.69) is 5.32 Å². The third-order valence-corrected chi connectivity index (χ3v) is 2.34. The Bertz CT molecular complexity index is 385. The van der Waals surface area contributed by atoms with Crippen molar-refractivity contribution in [3.05, 3.63) is 35.9 Å². The molecule has 0 radical (unpaired) electrons. The second-order valence-electron chi connectivity index (χ2n) is 3.73. The van der Waals surface area contributed by atoms with E-state index in [1.807, 2.05) is 31.3 Å². The molecule has 0 aliphatic rings. The molecule has 18 heavy (non-hydrogen) atoms. The third kappa shape index (κ3) is 5.50. The van der Waals surface area contributed by atoms with Crippen molar-refractivity contribution in [2.24, 2.45) is 0 Å². The highest BCUT2D eigenvalue weighted by Gasteiger charge is 1.96. The molecule has 1 rings (SSSR count). The van der Waals surface area contributed by atoms with Crippen molar-refractivity contribution in [1.29, 1.82) is 0 Å². The highest BCUT2D eigenvalue weighted by molar-refractivity contribution is 5.87. The van der Waals surface area contributed by atoms with E-state index in [0.717, 1.165) is 24.3 Å². The molecule has 1 N–H and O–H groups in total. The Morgan fingerprint density at radius 2 is 2.06 bits per heavy atom. The number of hydrogen-bond acceptors (Lipinski definition) is 4. The van der Waals surface area contributed by atoms with Crippen molar-refractivity contribution in [1.82, 2.24) is 5.32 Å². The highest BCUT2D eigenvalue weighted by atomic mass is 16.5. The number of hydrogen-bond donors (Lipinski definition) is 1. The number of methoxy groups -OCH3 is 1. The van der Waals surface area contributed by atoms with Gasteiger partial charge in [0.2, 0.25) is 0 Å². The van der Waals surface area contributed by atoms with Gasteiger partial charge < -0.3 is 14.8 Å². The average Bonchev–Trinajstić information content (AvgIpc) is 2.42. The summed E-state index contributed by atoms with van der Waals surface area (Å²) in [7, 11) is 3.48. The Balaban J connectivity index is 2.35. The van der Waals surface area contributed by atoms with Crippen molar-refractivity contribution >= 4 is 12.0 Å². The number of rotatable bonds is 7. The molecular weight excluding hydrogens is 230 g/mol. The molecule has 0 fully saturated rings. The van der Waals surface area contributed by atoms with Crippen LogP contribution in [0.4, 0.5) is 0 Å². The lowest BCUT2D eigenvalue weighted by Crippen LogP contribution is -2.12. The molecular formula is C14H19NO3. The number of ether oxygens (including phenoxy) is 2. The molecule has 0 amide bonds. The predicted molar refractivity (Wildman–Crippen MR) is 71.5 cm³/mol. The molecule has 1 aromatic rings. The van der Waals surface area contributed by atoms with Crippen LogP contribution in [0.2, 0.25) is 0 Å². The van der Waals surface area contributed by atoms with Crippen LogP contribution < -0.4 is 10.1 Å². The zero-order valence-electron chi connectivity index (χ0n) is 10.8. The molecule has 4 nitrogen and oxygen atoms in total. The standard InChI is InChI=1S/C14H19NO3/c1-15-10-3-11-18-14(16)9-6-12-4-7-13(17-2)8-5-12/h4-9,15H,3,10-11H2,1-2H3/b9-6+. The van der Waals surface area contributed by atoms with E-state index in [1.165, 1.54) is 6.08 Å². The van der Waals surface area contributed by atoms with Gasteiger partial charge in [-0.15, -0.1) is 0 Å². The van der Waals surface area contributed by atoms with Crippen molar-refractivity contribution < 1.29 is 14.3 Å². The van der Waals surface area contributed by atoms with Crippen LogP contribution in [0.15, 0.2) is 30.3 Å². The van der Waals surface area contributed by atoms with Gasteiger partial charge in [0.25, 0.3) is 0 Å². The van der Waals surface area contributed by atoms with Gasteiger partial charge in [-0.3, -0.25) is 0 Å². The fourth-order valence-electron chi connectivity index (χ4n) is 1.35. The Kier molecular flexibility index (Phi) is 6.58. The third-order valence-electron chi connectivity index (χ3n) is 2.34. The summed E-state index contributed by atoms with van der Waals surface area (Å²) in [6, 6.07) is 7.45. The van der Waals surface area contributed by atoms with Crippen molar-refractivity contribution in [3.63, 3.8) is 0 Å². The molecule has 0 saturated carbocycles. The summed E-state index contributed by atoms with van der Waals surface area (Å²) in [5.41, 5.74) is 0.933. The van der Waals surface area contributed by atoms with Crippen molar-refractivity contribution in [2.75, 3.05) is 27.3 Å². The SMILES string of the molecule is CNCCCOC(=O)/C=C/c1ccc(OC)cc1. The monoisotopic (exact) mass is 249 g/mol. The smallest absolute Gasteiger partial charge is 0.330 e. The largest absolute Gasteiger partial charge is 0.497 e. The molecule has 0 unspecified atom stereocenters. The Labute approximate surface area is 108 Å². The van der Waals surface area contributed by atoms with E-state index in [0.29, 0.717) is 6.61 Å². The van der Waals surface area contributed by atoms with Crippen LogP contribution in [0.1, 0.15) is 12.0 Å². The summed E-state index contributed by atoms with van der Waals surface area (Å²) in [4.78, 5) is 11.3. The van der Waals surface area contributed by atoms with E-state index in [9.17, 15) is 4.79 Å². The first-order valence-electron chi connectivity index (χ1n) is 5.89. The topological polar surface area (TPSA) is 47.6 Å². The molecule has 0 aliphatic heterocycles. The minimum atomic E-state index is -0.318. The van der Waals surface area contributed by atoms with E-state index in [-0.39, 0.29) is 5.97 Å². The quantitative estimate of drug-likeness (QED) is 0.455. The first-order chi connectivity index (χ1) is 8.76. The molecule has 4 heteroatoms. The molecule has 0 saturated heterocycles. The van der Waals surface area contributed by atoms with E-state index in [4.69, 9.17) is 9.47 Å². The van der Waals surface area contributed by atoms with Gasteiger partial charge in [0.1, 0.15) is 5.75 Å². The summed E-state index contributed by atoms with van der Waals surface area (Å²) in [5.74, 6) is 0.476. The molecule has 98 valence electrons. The maximum absolute atomic E-state index is 11.3. The fraction of sp³-hybridized carbons (Fsp3) is 0.357. The van der Waals surface area contributed by atoms with Crippen LogP contribution in [0, 0.1) is 0 Å². The zero-order valence-corrected chi connectivity index (χ0v) is 10.8. The highest BCUT2D eigenvalue weighted by Crippen LogP contribution is 2.12. The molecule has 0 spiro atoms. The second kappa shape index (κ2) is 8.31. The second-order valence-corrected chi connectivity index (χ2v) is 3.73. The Hall–Kier alpha value is -1.81. The van der Waals surface area contributed by atoms with Gasteiger partial charge in [0.15, 0.2) is 0 Å². The molecule has 0 aliphatic carbocycles. The zero-order chi connectivity index (χ0) is 13.2. The van der Waals surface area contributed by atoms with Crippen LogP contribution in [0.5, 0.6) is 5.75 Å². The van der Waals surface area contributed by atoms with Gasteiger partial charge in [-0.2, -0.15) is 0 Å². The minimum absolute atomic E-state index is 0.318. The van der Waals surface area contributed by atoms with Crippen LogP contribution in [-0.4, -0.2) is 33.3 Å². The first-order valence-corrected chi connectivity index (χ1v) is 5.89. The number of carbonyl (C=O) groups excluding carboxylic acids is 1. The van der Waals surface area contributed by atoms with E-state index in [1.54, 1.807) is 13.2 Å². The van der Waals surface area contributed by atoms with E-state index >= 15 is 0 Å². The predicted octanol–water partition coefficient (Wildman–Crippen LogP) is 1.86. The average molecular weight is 249 g/mol. The van der Waals surface area contributed by atoms with Crippen LogP contribution in [-0.2, 0) is 9.53 Å². The van der Waals surface area contributed by atoms with Gasteiger partial charge in [-0.05, 0) is 43.8 Å². The van der Waals surface area contributed by atoms with Crippen LogP contribution in [0.3, 0.4) is 0 Å². The number of esters is 1.